The lowest BCUT2D eigenvalue weighted by Gasteiger charge is -2.18. The van der Waals surface area contributed by atoms with Crippen LogP contribution < -0.4 is 0 Å². The Labute approximate surface area is 107 Å². The molecular formula is C16H16O2. The van der Waals surface area contributed by atoms with Gasteiger partial charge in [0.1, 0.15) is 0 Å². The molecule has 0 unspecified atom stereocenters. The third-order valence-electron chi connectivity index (χ3n) is 2.77. The third kappa shape index (κ3) is 2.98. The maximum absolute atomic E-state index is 11.2. The number of benzene rings is 2. The summed E-state index contributed by atoms with van der Waals surface area (Å²) in [5.41, 5.74) is 3.16. The second-order valence-electron chi connectivity index (χ2n) is 4.31. The van der Waals surface area contributed by atoms with Crippen molar-refractivity contribution >= 4 is 5.97 Å². The highest BCUT2D eigenvalue weighted by Gasteiger charge is 2.16. The molecule has 1 atom stereocenters. The van der Waals surface area contributed by atoms with Gasteiger partial charge in [0, 0.05) is 6.92 Å². The van der Waals surface area contributed by atoms with E-state index >= 15 is 0 Å². The van der Waals surface area contributed by atoms with Gasteiger partial charge >= 0.3 is 5.97 Å². The molecule has 0 saturated carbocycles. The van der Waals surface area contributed by atoms with Crippen LogP contribution >= 0.6 is 0 Å². The zero-order chi connectivity index (χ0) is 13.0. The molecule has 0 aliphatic rings. The first kappa shape index (κ1) is 12.4. The highest BCUT2D eigenvalue weighted by atomic mass is 16.5. The van der Waals surface area contributed by atoms with Crippen molar-refractivity contribution in [3.63, 3.8) is 0 Å². The molecule has 0 aliphatic carbocycles. The summed E-state index contributed by atoms with van der Waals surface area (Å²) in [5, 5.41) is 0. The van der Waals surface area contributed by atoms with Gasteiger partial charge in [0.15, 0.2) is 6.10 Å². The van der Waals surface area contributed by atoms with Gasteiger partial charge in [0.25, 0.3) is 0 Å². The Kier molecular flexibility index (Phi) is 3.78. The fourth-order valence-corrected chi connectivity index (χ4v) is 1.86. The predicted octanol–water partition coefficient (Wildman–Crippen LogP) is 3.65. The van der Waals surface area contributed by atoms with Crippen LogP contribution in [0.4, 0.5) is 0 Å². The summed E-state index contributed by atoms with van der Waals surface area (Å²) in [7, 11) is 0. The van der Waals surface area contributed by atoms with Crippen LogP contribution in [0.3, 0.4) is 0 Å². The molecule has 2 nitrogen and oxygen atoms in total. The van der Waals surface area contributed by atoms with Crippen molar-refractivity contribution in [3.05, 3.63) is 71.3 Å². The van der Waals surface area contributed by atoms with Gasteiger partial charge < -0.3 is 4.74 Å². The molecule has 0 saturated heterocycles. The minimum absolute atomic E-state index is 0.274. The maximum Gasteiger partial charge on any atom is 0.303 e. The van der Waals surface area contributed by atoms with E-state index in [-0.39, 0.29) is 12.1 Å². The van der Waals surface area contributed by atoms with Gasteiger partial charge in [-0.25, -0.2) is 0 Å². The van der Waals surface area contributed by atoms with E-state index in [1.165, 1.54) is 12.5 Å². The largest absolute Gasteiger partial charge is 0.453 e. The quantitative estimate of drug-likeness (QED) is 0.765. The van der Waals surface area contributed by atoms with Gasteiger partial charge in [-0.2, -0.15) is 0 Å². The highest BCUT2D eigenvalue weighted by Crippen LogP contribution is 2.26. The molecular weight excluding hydrogens is 224 g/mol. The zero-order valence-electron chi connectivity index (χ0n) is 10.6. The van der Waals surface area contributed by atoms with Crippen LogP contribution in [0.5, 0.6) is 0 Å². The summed E-state index contributed by atoms with van der Waals surface area (Å²) in [6, 6.07) is 17.8. The van der Waals surface area contributed by atoms with Crippen LogP contribution in [-0.4, -0.2) is 5.97 Å². The van der Waals surface area contributed by atoms with Crippen molar-refractivity contribution in [3.8, 4) is 0 Å². The molecule has 2 rings (SSSR count). The average Bonchev–Trinajstić information content (AvgIpc) is 2.38. The Morgan fingerprint density at radius 2 is 1.50 bits per heavy atom. The first-order valence-electron chi connectivity index (χ1n) is 5.95. The van der Waals surface area contributed by atoms with E-state index in [1.807, 2.05) is 61.5 Å². The van der Waals surface area contributed by atoms with Crippen molar-refractivity contribution in [2.75, 3.05) is 0 Å². The summed E-state index contributed by atoms with van der Waals surface area (Å²) in [6.07, 6.45) is -0.329. The van der Waals surface area contributed by atoms with Crippen LogP contribution in [-0.2, 0) is 9.53 Å². The molecule has 92 valence electrons. The molecule has 2 aromatic carbocycles. The number of esters is 1. The Morgan fingerprint density at radius 3 is 2.06 bits per heavy atom. The Bertz CT molecular complexity index is 515. The van der Waals surface area contributed by atoms with Crippen LogP contribution in [0.25, 0.3) is 0 Å². The van der Waals surface area contributed by atoms with Gasteiger partial charge in [-0.1, -0.05) is 60.2 Å². The summed E-state index contributed by atoms with van der Waals surface area (Å²) in [4.78, 5) is 11.2. The minimum atomic E-state index is -0.329. The molecule has 0 fully saturated rings. The molecule has 0 spiro atoms. The van der Waals surface area contributed by atoms with E-state index in [0.29, 0.717) is 0 Å². The maximum atomic E-state index is 11.2. The van der Waals surface area contributed by atoms with Crippen molar-refractivity contribution in [2.24, 2.45) is 0 Å². The number of carbonyl (C=O) groups is 1. The summed E-state index contributed by atoms with van der Waals surface area (Å²) in [6.45, 7) is 3.47. The Morgan fingerprint density at radius 1 is 0.944 bits per heavy atom. The molecule has 18 heavy (non-hydrogen) atoms. The molecule has 0 amide bonds. The molecule has 2 aromatic rings. The van der Waals surface area contributed by atoms with Crippen molar-refractivity contribution < 1.29 is 9.53 Å². The molecule has 0 heterocycles. The average molecular weight is 240 g/mol. The number of ether oxygens (including phenoxy) is 1. The smallest absolute Gasteiger partial charge is 0.303 e. The molecule has 0 aliphatic heterocycles. The van der Waals surface area contributed by atoms with Crippen molar-refractivity contribution in [1.29, 1.82) is 0 Å². The van der Waals surface area contributed by atoms with E-state index in [4.69, 9.17) is 4.74 Å². The van der Waals surface area contributed by atoms with Gasteiger partial charge in [-0.3, -0.25) is 4.79 Å². The van der Waals surface area contributed by atoms with Gasteiger partial charge in [-0.05, 0) is 18.1 Å². The van der Waals surface area contributed by atoms with E-state index in [1.54, 1.807) is 0 Å². The zero-order valence-corrected chi connectivity index (χ0v) is 10.6. The number of rotatable bonds is 3. The predicted molar refractivity (Wildman–Crippen MR) is 71.2 cm³/mol. The lowest BCUT2D eigenvalue weighted by molar-refractivity contribution is -0.144. The third-order valence-corrected chi connectivity index (χ3v) is 2.77. The van der Waals surface area contributed by atoms with E-state index in [2.05, 4.69) is 0 Å². The molecule has 0 radical (unpaired) electrons. The summed E-state index contributed by atoms with van der Waals surface area (Å²) in [5.74, 6) is -0.274. The number of carbonyl (C=O) groups excluding carboxylic acids is 1. The summed E-state index contributed by atoms with van der Waals surface area (Å²) >= 11 is 0. The lowest BCUT2D eigenvalue weighted by Crippen LogP contribution is -2.09. The standard InChI is InChI=1S/C16H16O2/c1-12-8-10-15(11-9-12)16(18-13(2)17)14-6-4-3-5-7-14/h3-11,16H,1-2H3/t16-/m0/s1. The van der Waals surface area contributed by atoms with Gasteiger partial charge in [0.05, 0.1) is 0 Å². The SMILES string of the molecule is CC(=O)O[C@@H](c1ccccc1)c1ccc(C)cc1. The fourth-order valence-electron chi connectivity index (χ4n) is 1.86. The second-order valence-corrected chi connectivity index (χ2v) is 4.31. The van der Waals surface area contributed by atoms with Gasteiger partial charge in [-0.15, -0.1) is 0 Å². The van der Waals surface area contributed by atoms with Crippen LogP contribution in [0.15, 0.2) is 54.6 Å². The van der Waals surface area contributed by atoms with Crippen molar-refractivity contribution in [1.82, 2.24) is 0 Å². The Hall–Kier alpha value is -2.09. The topological polar surface area (TPSA) is 26.3 Å². The monoisotopic (exact) mass is 240 g/mol. The highest BCUT2D eigenvalue weighted by molar-refractivity contribution is 5.66. The molecule has 0 aromatic heterocycles. The summed E-state index contributed by atoms with van der Waals surface area (Å²) < 4.78 is 5.42. The molecule has 0 N–H and O–H groups in total. The normalized spacial score (nSPS) is 11.9. The van der Waals surface area contributed by atoms with E-state index < -0.39 is 0 Å². The second kappa shape index (κ2) is 5.50. The fraction of sp³-hybridized carbons (Fsp3) is 0.188. The first-order chi connectivity index (χ1) is 8.66. The van der Waals surface area contributed by atoms with Crippen LogP contribution in [0.2, 0.25) is 0 Å². The molecule has 0 bridgehead atoms. The number of hydrogen-bond donors (Lipinski definition) is 0. The minimum Gasteiger partial charge on any atom is -0.453 e. The number of aryl methyl sites for hydroxylation is 1. The Balaban J connectivity index is 2.36. The van der Waals surface area contributed by atoms with Crippen LogP contribution in [0, 0.1) is 6.92 Å². The van der Waals surface area contributed by atoms with E-state index in [0.717, 1.165) is 11.1 Å². The van der Waals surface area contributed by atoms with Crippen LogP contribution in [0.1, 0.15) is 29.7 Å². The first-order valence-corrected chi connectivity index (χ1v) is 5.95. The number of hydrogen-bond acceptors (Lipinski definition) is 2. The van der Waals surface area contributed by atoms with Gasteiger partial charge in [0.2, 0.25) is 0 Å². The molecule has 2 heteroatoms. The lowest BCUT2D eigenvalue weighted by atomic mass is 10.0. The van der Waals surface area contributed by atoms with Crippen molar-refractivity contribution in [2.45, 2.75) is 20.0 Å². The van der Waals surface area contributed by atoms with E-state index in [9.17, 15) is 4.79 Å².